The van der Waals surface area contributed by atoms with Gasteiger partial charge in [0.1, 0.15) is 0 Å². The standard InChI is InChI=1S/C21H29N3O/c1-15(2)24-16(3)14-20(17(24)4)21(25)23-12-10-19(11-13-23)22-18-8-6-5-7-9-18/h5-9,14-15,19,22H,10-13H2,1-4H3. The van der Waals surface area contributed by atoms with Crippen molar-refractivity contribution in [1.82, 2.24) is 9.47 Å². The van der Waals surface area contributed by atoms with Crippen molar-refractivity contribution in [1.29, 1.82) is 0 Å². The van der Waals surface area contributed by atoms with Gasteiger partial charge in [0.15, 0.2) is 0 Å². The number of para-hydroxylation sites is 1. The Morgan fingerprint density at radius 3 is 2.32 bits per heavy atom. The summed E-state index contributed by atoms with van der Waals surface area (Å²) in [6, 6.07) is 13.2. The van der Waals surface area contributed by atoms with Crippen LogP contribution in [0.2, 0.25) is 0 Å². The highest BCUT2D eigenvalue weighted by atomic mass is 16.2. The number of piperidine rings is 1. The predicted octanol–water partition coefficient (Wildman–Crippen LogP) is 4.40. The summed E-state index contributed by atoms with van der Waals surface area (Å²) >= 11 is 0. The zero-order chi connectivity index (χ0) is 18.0. The van der Waals surface area contributed by atoms with Crippen molar-refractivity contribution >= 4 is 11.6 Å². The first-order chi connectivity index (χ1) is 12.0. The number of hydrogen-bond acceptors (Lipinski definition) is 2. The number of benzene rings is 1. The summed E-state index contributed by atoms with van der Waals surface area (Å²) in [6.07, 6.45) is 1.98. The summed E-state index contributed by atoms with van der Waals surface area (Å²) in [7, 11) is 0. The van der Waals surface area contributed by atoms with Crippen LogP contribution in [0.3, 0.4) is 0 Å². The lowest BCUT2D eigenvalue weighted by Gasteiger charge is -2.33. The van der Waals surface area contributed by atoms with Crippen LogP contribution in [0, 0.1) is 13.8 Å². The minimum Gasteiger partial charge on any atom is -0.382 e. The van der Waals surface area contributed by atoms with Crippen LogP contribution >= 0.6 is 0 Å². The Morgan fingerprint density at radius 1 is 1.12 bits per heavy atom. The third-order valence-electron chi connectivity index (χ3n) is 5.16. The van der Waals surface area contributed by atoms with E-state index in [1.165, 1.54) is 0 Å². The molecule has 0 aliphatic carbocycles. The quantitative estimate of drug-likeness (QED) is 0.896. The number of rotatable bonds is 4. The van der Waals surface area contributed by atoms with Crippen molar-refractivity contribution in [2.75, 3.05) is 18.4 Å². The van der Waals surface area contributed by atoms with E-state index in [1.807, 2.05) is 29.2 Å². The SMILES string of the molecule is Cc1cc(C(=O)N2CCC(Nc3ccccc3)CC2)c(C)n1C(C)C. The average molecular weight is 339 g/mol. The number of aromatic nitrogens is 1. The fourth-order valence-corrected chi connectivity index (χ4v) is 3.96. The molecule has 1 aromatic heterocycles. The van der Waals surface area contributed by atoms with E-state index in [-0.39, 0.29) is 5.91 Å². The molecule has 0 spiro atoms. The summed E-state index contributed by atoms with van der Waals surface area (Å²) in [5.74, 6) is 0.179. The molecule has 0 saturated carbocycles. The van der Waals surface area contributed by atoms with Gasteiger partial charge >= 0.3 is 0 Å². The summed E-state index contributed by atoms with van der Waals surface area (Å²) in [5.41, 5.74) is 4.27. The molecule has 0 bridgehead atoms. The Labute approximate surface area is 150 Å². The summed E-state index contributed by atoms with van der Waals surface area (Å²) < 4.78 is 2.25. The molecule has 25 heavy (non-hydrogen) atoms. The summed E-state index contributed by atoms with van der Waals surface area (Å²) in [5, 5.41) is 3.58. The molecule has 3 rings (SSSR count). The predicted molar refractivity (Wildman–Crippen MR) is 103 cm³/mol. The number of carbonyl (C=O) groups excluding carboxylic acids is 1. The summed E-state index contributed by atoms with van der Waals surface area (Å²) in [6.45, 7) is 10.1. The molecule has 4 heteroatoms. The maximum absolute atomic E-state index is 13.0. The van der Waals surface area contributed by atoms with E-state index in [9.17, 15) is 4.79 Å². The molecule has 0 radical (unpaired) electrons. The van der Waals surface area contributed by atoms with Crippen molar-refractivity contribution in [2.45, 2.75) is 52.6 Å². The van der Waals surface area contributed by atoms with Crippen molar-refractivity contribution < 1.29 is 4.79 Å². The molecule has 0 atom stereocenters. The summed E-state index contributed by atoms with van der Waals surface area (Å²) in [4.78, 5) is 15.0. The lowest BCUT2D eigenvalue weighted by atomic mass is 10.0. The third kappa shape index (κ3) is 3.73. The van der Waals surface area contributed by atoms with Gasteiger partial charge in [0, 0.05) is 42.2 Å². The normalized spacial score (nSPS) is 15.6. The van der Waals surface area contributed by atoms with Crippen LogP contribution < -0.4 is 5.32 Å². The van der Waals surface area contributed by atoms with Crippen LogP contribution in [0.4, 0.5) is 5.69 Å². The van der Waals surface area contributed by atoms with Crippen molar-refractivity contribution in [2.24, 2.45) is 0 Å². The van der Waals surface area contributed by atoms with E-state index >= 15 is 0 Å². The Balaban J connectivity index is 1.63. The second kappa shape index (κ2) is 7.34. The van der Waals surface area contributed by atoms with Gasteiger partial charge < -0.3 is 14.8 Å². The maximum Gasteiger partial charge on any atom is 0.255 e. The van der Waals surface area contributed by atoms with Gasteiger partial charge in [-0.05, 0) is 58.7 Å². The Hall–Kier alpha value is -2.23. The number of likely N-dealkylation sites (tertiary alicyclic amines) is 1. The largest absolute Gasteiger partial charge is 0.382 e. The smallest absolute Gasteiger partial charge is 0.255 e. The maximum atomic E-state index is 13.0. The minimum absolute atomic E-state index is 0.179. The van der Waals surface area contributed by atoms with Crippen LogP contribution in [0.15, 0.2) is 36.4 Å². The van der Waals surface area contributed by atoms with Gasteiger partial charge in [0.05, 0.1) is 5.56 Å². The second-order valence-corrected chi connectivity index (χ2v) is 7.33. The van der Waals surface area contributed by atoms with E-state index in [0.717, 1.165) is 48.6 Å². The van der Waals surface area contributed by atoms with Crippen LogP contribution in [0.1, 0.15) is 54.5 Å². The van der Waals surface area contributed by atoms with Crippen molar-refractivity contribution in [3.63, 3.8) is 0 Å². The van der Waals surface area contributed by atoms with Crippen LogP contribution in [0.5, 0.6) is 0 Å². The van der Waals surface area contributed by atoms with Gasteiger partial charge in [-0.15, -0.1) is 0 Å². The molecule has 1 saturated heterocycles. The zero-order valence-corrected chi connectivity index (χ0v) is 15.7. The van der Waals surface area contributed by atoms with Gasteiger partial charge in [-0.2, -0.15) is 0 Å². The molecule has 1 fully saturated rings. The van der Waals surface area contributed by atoms with E-state index < -0.39 is 0 Å². The monoisotopic (exact) mass is 339 g/mol. The van der Waals surface area contributed by atoms with Crippen LogP contribution in [-0.4, -0.2) is 34.5 Å². The number of hydrogen-bond donors (Lipinski definition) is 1. The van der Waals surface area contributed by atoms with Crippen LogP contribution in [0.25, 0.3) is 0 Å². The highest BCUT2D eigenvalue weighted by molar-refractivity contribution is 5.95. The number of amides is 1. The number of carbonyl (C=O) groups is 1. The highest BCUT2D eigenvalue weighted by Crippen LogP contribution is 2.23. The number of nitrogens with zero attached hydrogens (tertiary/aromatic N) is 2. The Morgan fingerprint density at radius 2 is 1.76 bits per heavy atom. The van der Waals surface area contributed by atoms with E-state index in [4.69, 9.17) is 0 Å². The molecule has 1 aromatic carbocycles. The van der Waals surface area contributed by atoms with E-state index in [1.54, 1.807) is 0 Å². The fourth-order valence-electron chi connectivity index (χ4n) is 3.96. The molecular formula is C21H29N3O. The van der Waals surface area contributed by atoms with Gasteiger partial charge in [-0.25, -0.2) is 0 Å². The van der Waals surface area contributed by atoms with Crippen LogP contribution in [-0.2, 0) is 0 Å². The molecule has 1 amide bonds. The molecule has 134 valence electrons. The Kier molecular flexibility index (Phi) is 5.16. The van der Waals surface area contributed by atoms with Crippen molar-refractivity contribution in [3.05, 3.63) is 53.3 Å². The van der Waals surface area contributed by atoms with Crippen molar-refractivity contribution in [3.8, 4) is 0 Å². The van der Waals surface area contributed by atoms with E-state index in [2.05, 4.69) is 49.7 Å². The minimum atomic E-state index is 0.179. The lowest BCUT2D eigenvalue weighted by molar-refractivity contribution is 0.0717. The van der Waals surface area contributed by atoms with Gasteiger partial charge in [0.25, 0.3) is 5.91 Å². The second-order valence-electron chi connectivity index (χ2n) is 7.33. The molecule has 0 unspecified atom stereocenters. The lowest BCUT2D eigenvalue weighted by Crippen LogP contribution is -2.42. The van der Waals surface area contributed by atoms with Gasteiger partial charge in [-0.3, -0.25) is 4.79 Å². The van der Waals surface area contributed by atoms with E-state index in [0.29, 0.717) is 12.1 Å². The molecule has 4 nitrogen and oxygen atoms in total. The van der Waals surface area contributed by atoms with Gasteiger partial charge in [-0.1, -0.05) is 18.2 Å². The fraction of sp³-hybridized carbons (Fsp3) is 0.476. The topological polar surface area (TPSA) is 37.3 Å². The first-order valence-corrected chi connectivity index (χ1v) is 9.26. The molecule has 2 aromatic rings. The molecule has 1 aliphatic rings. The zero-order valence-electron chi connectivity index (χ0n) is 15.7. The molecule has 1 N–H and O–H groups in total. The average Bonchev–Trinajstić information content (AvgIpc) is 2.90. The van der Waals surface area contributed by atoms with Gasteiger partial charge in [0.2, 0.25) is 0 Å². The number of aryl methyl sites for hydroxylation is 1. The molecular weight excluding hydrogens is 310 g/mol. The highest BCUT2D eigenvalue weighted by Gasteiger charge is 2.26. The Bertz CT molecular complexity index is 725. The molecule has 2 heterocycles. The first kappa shape index (κ1) is 17.6. The number of nitrogens with one attached hydrogen (secondary N) is 1. The number of anilines is 1. The first-order valence-electron chi connectivity index (χ1n) is 9.26. The third-order valence-corrected chi connectivity index (χ3v) is 5.16. The molecule has 1 aliphatic heterocycles.